The second kappa shape index (κ2) is 10.8. The van der Waals surface area contributed by atoms with Crippen molar-refractivity contribution in [2.75, 3.05) is 0 Å². The number of hydrazone groups is 1. The van der Waals surface area contributed by atoms with Crippen molar-refractivity contribution in [2.45, 2.75) is 6.61 Å². The minimum Gasteiger partial charge on any atom is -0.487 e. The van der Waals surface area contributed by atoms with Gasteiger partial charge in [0.25, 0.3) is 11.6 Å². The van der Waals surface area contributed by atoms with E-state index in [1.54, 1.807) is 30.3 Å². The topological polar surface area (TPSA) is 118 Å². The van der Waals surface area contributed by atoms with Crippen molar-refractivity contribution in [1.29, 1.82) is 5.26 Å². The average Bonchev–Trinajstić information content (AvgIpc) is 2.78. The number of amides is 1. The quantitative estimate of drug-likeness (QED) is 0.227. The maximum atomic E-state index is 13.9. The van der Waals surface area contributed by atoms with E-state index in [1.165, 1.54) is 30.5 Å². The lowest BCUT2D eigenvalue weighted by Crippen LogP contribution is -2.19. The number of carbonyl (C=O) groups excluding carboxylic acids is 1. The number of nitro groups is 1. The molecule has 3 rings (SSSR count). The van der Waals surface area contributed by atoms with Crippen LogP contribution < -0.4 is 10.2 Å². The molecule has 0 saturated heterocycles. The van der Waals surface area contributed by atoms with Crippen LogP contribution in [0.2, 0.25) is 0 Å². The van der Waals surface area contributed by atoms with E-state index >= 15 is 0 Å². The molecule has 3 aromatic carbocycles. The minimum absolute atomic E-state index is 0.0243. The van der Waals surface area contributed by atoms with Crippen LogP contribution in [-0.4, -0.2) is 17.0 Å². The Morgan fingerprint density at radius 2 is 1.94 bits per heavy atom. The summed E-state index contributed by atoms with van der Waals surface area (Å²) in [5.74, 6) is -1.11. The Hall–Kier alpha value is -3.62. The Balaban J connectivity index is 1.66. The van der Waals surface area contributed by atoms with Gasteiger partial charge in [-0.05, 0) is 73.3 Å². The second-order valence-electron chi connectivity index (χ2n) is 6.53. The summed E-state index contributed by atoms with van der Waals surface area (Å²) in [5, 5.41) is 23.5. The summed E-state index contributed by atoms with van der Waals surface area (Å²) in [5.41, 5.74) is 3.30. The van der Waals surface area contributed by atoms with Crippen LogP contribution in [0.5, 0.6) is 5.75 Å². The smallest absolute Gasteiger partial charge is 0.274 e. The maximum Gasteiger partial charge on any atom is 0.274 e. The minimum atomic E-state index is -0.822. The molecule has 0 spiro atoms. The highest BCUT2D eigenvalue weighted by molar-refractivity contribution is 9.11. The number of nitro benzene ring substituents is 1. The van der Waals surface area contributed by atoms with Gasteiger partial charge in [-0.3, -0.25) is 14.9 Å². The third-order valence-corrected chi connectivity index (χ3v) is 5.43. The van der Waals surface area contributed by atoms with Crippen molar-refractivity contribution in [2.24, 2.45) is 5.10 Å². The molecule has 33 heavy (non-hydrogen) atoms. The lowest BCUT2D eigenvalue weighted by Gasteiger charge is -2.11. The maximum absolute atomic E-state index is 13.9. The third kappa shape index (κ3) is 6.21. The summed E-state index contributed by atoms with van der Waals surface area (Å²) in [6, 6.07) is 14.8. The van der Waals surface area contributed by atoms with Crippen molar-refractivity contribution in [1.82, 2.24) is 5.43 Å². The predicted molar refractivity (Wildman–Crippen MR) is 125 cm³/mol. The van der Waals surface area contributed by atoms with Crippen molar-refractivity contribution in [3.63, 3.8) is 0 Å². The zero-order valence-corrected chi connectivity index (χ0v) is 19.8. The SMILES string of the molecule is N#Cc1ccc(C(=O)N/N=C\c2cc(Br)c(OCc3cccc([N+](=O)[O-])c3)c(Br)c2)c(F)c1. The molecule has 1 amide bonds. The monoisotopic (exact) mass is 574 g/mol. The molecular formula is C22H13Br2FN4O4. The Morgan fingerprint density at radius 3 is 2.58 bits per heavy atom. The summed E-state index contributed by atoms with van der Waals surface area (Å²) >= 11 is 6.80. The van der Waals surface area contributed by atoms with Crippen molar-refractivity contribution < 1.29 is 18.8 Å². The molecule has 0 bridgehead atoms. The highest BCUT2D eigenvalue weighted by Crippen LogP contribution is 2.35. The fourth-order valence-electron chi connectivity index (χ4n) is 2.70. The summed E-state index contributed by atoms with van der Waals surface area (Å²) in [6.45, 7) is 0.110. The highest BCUT2D eigenvalue weighted by Gasteiger charge is 2.13. The zero-order valence-electron chi connectivity index (χ0n) is 16.6. The molecule has 0 heterocycles. The Labute approximate surface area is 204 Å². The van der Waals surface area contributed by atoms with Gasteiger partial charge in [0.1, 0.15) is 18.2 Å². The molecule has 0 aromatic heterocycles. The van der Waals surface area contributed by atoms with Gasteiger partial charge in [-0.15, -0.1) is 0 Å². The molecule has 8 nitrogen and oxygen atoms in total. The van der Waals surface area contributed by atoms with Gasteiger partial charge in [-0.25, -0.2) is 9.82 Å². The molecule has 3 aromatic rings. The van der Waals surface area contributed by atoms with Crippen LogP contribution in [0.3, 0.4) is 0 Å². The number of benzene rings is 3. The summed E-state index contributed by atoms with van der Waals surface area (Å²) in [7, 11) is 0. The fourth-order valence-corrected chi connectivity index (χ4v) is 4.15. The third-order valence-electron chi connectivity index (χ3n) is 4.25. The first-order chi connectivity index (χ1) is 15.8. The Kier molecular flexibility index (Phi) is 7.87. The summed E-state index contributed by atoms with van der Waals surface area (Å²) in [6.07, 6.45) is 1.36. The van der Waals surface area contributed by atoms with Gasteiger partial charge in [0.2, 0.25) is 0 Å². The molecule has 0 atom stereocenters. The van der Waals surface area contributed by atoms with Gasteiger partial charge < -0.3 is 4.74 Å². The van der Waals surface area contributed by atoms with Gasteiger partial charge in [-0.2, -0.15) is 10.4 Å². The first-order valence-corrected chi connectivity index (χ1v) is 10.8. The van der Waals surface area contributed by atoms with Crippen LogP contribution in [0, 0.1) is 27.3 Å². The fraction of sp³-hybridized carbons (Fsp3) is 0.0455. The van der Waals surface area contributed by atoms with Crippen molar-refractivity contribution in [3.8, 4) is 11.8 Å². The van der Waals surface area contributed by atoms with E-state index in [0.717, 1.165) is 6.07 Å². The van der Waals surface area contributed by atoms with Crippen LogP contribution in [0.25, 0.3) is 0 Å². The number of nitriles is 1. The van der Waals surface area contributed by atoms with E-state index in [0.29, 0.717) is 25.8 Å². The standard InChI is InChI=1S/C22H13Br2FN4O4/c23-18-7-15(11-27-28-22(30)17-5-4-13(10-26)9-20(17)25)8-19(24)21(18)33-12-14-2-1-3-16(6-14)29(31)32/h1-9,11H,12H2,(H,28,30)/b27-11-. The van der Waals surface area contributed by atoms with Crippen molar-refractivity contribution >= 4 is 49.7 Å². The second-order valence-corrected chi connectivity index (χ2v) is 8.24. The first-order valence-electron chi connectivity index (χ1n) is 9.16. The van der Waals surface area contributed by atoms with Crippen LogP contribution in [0.15, 0.2) is 68.6 Å². The first kappa shape index (κ1) is 24.0. The molecule has 0 unspecified atom stereocenters. The normalized spacial score (nSPS) is 10.6. The largest absolute Gasteiger partial charge is 0.487 e. The van der Waals surface area contributed by atoms with E-state index in [1.807, 2.05) is 0 Å². The molecule has 0 fully saturated rings. The van der Waals surface area contributed by atoms with Gasteiger partial charge in [0.15, 0.2) is 0 Å². The molecule has 0 aliphatic rings. The number of halogens is 3. The molecule has 0 aliphatic carbocycles. The van der Waals surface area contributed by atoms with Crippen LogP contribution in [-0.2, 0) is 6.61 Å². The number of rotatable bonds is 7. The van der Waals surface area contributed by atoms with Gasteiger partial charge in [0, 0.05) is 12.1 Å². The number of nitrogens with one attached hydrogen (secondary N) is 1. The number of hydrogen-bond donors (Lipinski definition) is 1. The van der Waals surface area contributed by atoms with Crippen LogP contribution in [0.1, 0.15) is 27.0 Å². The van der Waals surface area contributed by atoms with Gasteiger partial charge in [-0.1, -0.05) is 12.1 Å². The van der Waals surface area contributed by atoms with Gasteiger partial charge in [0.05, 0.1) is 37.3 Å². The Bertz CT molecular complexity index is 1280. The summed E-state index contributed by atoms with van der Waals surface area (Å²) in [4.78, 5) is 22.5. The molecule has 0 radical (unpaired) electrons. The van der Waals surface area contributed by atoms with E-state index in [9.17, 15) is 19.3 Å². The van der Waals surface area contributed by atoms with Crippen LogP contribution in [0.4, 0.5) is 10.1 Å². The lowest BCUT2D eigenvalue weighted by molar-refractivity contribution is -0.384. The lowest BCUT2D eigenvalue weighted by atomic mass is 10.1. The predicted octanol–water partition coefficient (Wildman–Crippen LogP) is 5.47. The molecule has 0 aliphatic heterocycles. The Morgan fingerprint density at radius 1 is 1.21 bits per heavy atom. The van der Waals surface area contributed by atoms with E-state index in [4.69, 9.17) is 10.00 Å². The number of carbonyl (C=O) groups is 1. The number of non-ortho nitro benzene ring substituents is 1. The average molecular weight is 576 g/mol. The van der Waals surface area contributed by atoms with Gasteiger partial charge >= 0.3 is 0 Å². The van der Waals surface area contributed by atoms with E-state index in [2.05, 4.69) is 42.4 Å². The summed E-state index contributed by atoms with van der Waals surface area (Å²) < 4.78 is 20.9. The molecule has 0 saturated carbocycles. The van der Waals surface area contributed by atoms with E-state index < -0.39 is 16.6 Å². The van der Waals surface area contributed by atoms with Crippen LogP contribution >= 0.6 is 31.9 Å². The highest BCUT2D eigenvalue weighted by atomic mass is 79.9. The zero-order chi connectivity index (χ0) is 24.0. The number of hydrogen-bond acceptors (Lipinski definition) is 6. The molecule has 1 N–H and O–H groups in total. The molecular weight excluding hydrogens is 563 g/mol. The molecule has 166 valence electrons. The number of nitrogens with zero attached hydrogens (tertiary/aromatic N) is 3. The number of ether oxygens (including phenoxy) is 1. The van der Waals surface area contributed by atoms with Crippen molar-refractivity contribution in [3.05, 3.63) is 102 Å². The molecule has 11 heteroatoms. The van der Waals surface area contributed by atoms with E-state index in [-0.39, 0.29) is 23.4 Å².